The lowest BCUT2D eigenvalue weighted by Gasteiger charge is -2.11. The van der Waals surface area contributed by atoms with Crippen molar-refractivity contribution < 1.29 is 9.47 Å². The summed E-state index contributed by atoms with van der Waals surface area (Å²) in [5.74, 6) is 1.73. The predicted molar refractivity (Wildman–Crippen MR) is 116 cm³/mol. The van der Waals surface area contributed by atoms with E-state index in [4.69, 9.17) is 20.6 Å². The van der Waals surface area contributed by atoms with Crippen LogP contribution in [0.15, 0.2) is 72.8 Å². The van der Waals surface area contributed by atoms with Crippen molar-refractivity contribution in [3.63, 3.8) is 0 Å². The molecule has 0 bridgehead atoms. The molecule has 1 aromatic heterocycles. The molecule has 0 fully saturated rings. The van der Waals surface area contributed by atoms with Crippen molar-refractivity contribution in [1.82, 2.24) is 0 Å². The minimum atomic E-state index is 0.106. The lowest BCUT2D eigenvalue weighted by atomic mass is 10.0. The van der Waals surface area contributed by atoms with Crippen molar-refractivity contribution in [1.29, 1.82) is 5.41 Å². The molecule has 0 saturated heterocycles. The second kappa shape index (κ2) is 7.74. The first-order valence-electron chi connectivity index (χ1n) is 8.87. The number of amidine groups is 1. The molecule has 0 amide bonds. The van der Waals surface area contributed by atoms with Crippen LogP contribution in [-0.2, 0) is 6.61 Å². The summed E-state index contributed by atoms with van der Waals surface area (Å²) in [6, 6.07) is 24.1. The molecule has 0 atom stereocenters. The number of nitrogens with one attached hydrogen (secondary N) is 1. The van der Waals surface area contributed by atoms with Crippen LogP contribution >= 0.6 is 11.3 Å². The molecular formula is C23H20N2O2S. The van der Waals surface area contributed by atoms with Gasteiger partial charge in [-0.15, -0.1) is 11.3 Å². The Bertz CT molecular complexity index is 1150. The zero-order chi connectivity index (χ0) is 19.5. The molecule has 0 aliphatic rings. The highest BCUT2D eigenvalue weighted by Gasteiger charge is 2.08. The number of benzene rings is 3. The molecule has 140 valence electrons. The van der Waals surface area contributed by atoms with Crippen LogP contribution in [0.5, 0.6) is 11.5 Å². The van der Waals surface area contributed by atoms with Crippen LogP contribution in [0.4, 0.5) is 0 Å². The molecule has 0 aliphatic heterocycles. The summed E-state index contributed by atoms with van der Waals surface area (Å²) in [4.78, 5) is 0.793. The number of fused-ring (bicyclic) bond motifs is 1. The van der Waals surface area contributed by atoms with E-state index in [2.05, 4.69) is 24.3 Å². The van der Waals surface area contributed by atoms with Crippen LogP contribution in [0.1, 0.15) is 10.4 Å². The van der Waals surface area contributed by atoms with Crippen molar-refractivity contribution in [2.45, 2.75) is 6.61 Å². The highest BCUT2D eigenvalue weighted by Crippen LogP contribution is 2.31. The summed E-state index contributed by atoms with van der Waals surface area (Å²) in [6.07, 6.45) is 0. The van der Waals surface area contributed by atoms with Crippen LogP contribution in [-0.4, -0.2) is 12.9 Å². The molecule has 0 unspecified atom stereocenters. The largest absolute Gasteiger partial charge is 0.496 e. The zero-order valence-electron chi connectivity index (χ0n) is 15.4. The van der Waals surface area contributed by atoms with Crippen LogP contribution in [0.2, 0.25) is 0 Å². The van der Waals surface area contributed by atoms with Gasteiger partial charge in [-0.3, -0.25) is 5.41 Å². The number of nitrogen functional groups attached to an aromatic ring is 1. The average Bonchev–Trinajstić information content (AvgIpc) is 3.16. The number of para-hydroxylation sites is 1. The Hall–Kier alpha value is -3.31. The van der Waals surface area contributed by atoms with Gasteiger partial charge in [0.2, 0.25) is 0 Å². The van der Waals surface area contributed by atoms with Crippen molar-refractivity contribution >= 4 is 27.3 Å². The van der Waals surface area contributed by atoms with Gasteiger partial charge in [0.1, 0.15) is 23.9 Å². The maximum Gasteiger partial charge on any atom is 0.133 e. The summed E-state index contributed by atoms with van der Waals surface area (Å²) in [7, 11) is 1.66. The van der Waals surface area contributed by atoms with E-state index in [-0.39, 0.29) is 5.84 Å². The van der Waals surface area contributed by atoms with E-state index in [0.717, 1.165) is 43.2 Å². The molecule has 3 aromatic carbocycles. The Morgan fingerprint density at radius 1 is 0.964 bits per heavy atom. The molecule has 0 aliphatic carbocycles. The van der Waals surface area contributed by atoms with Crippen LogP contribution in [0.25, 0.3) is 21.2 Å². The van der Waals surface area contributed by atoms with Gasteiger partial charge in [0.05, 0.1) is 12.0 Å². The average molecular weight is 388 g/mol. The minimum Gasteiger partial charge on any atom is -0.496 e. The Kier molecular flexibility index (Phi) is 5.00. The predicted octanol–water partition coefficient (Wildman–Crippen LogP) is 5.44. The zero-order valence-corrected chi connectivity index (χ0v) is 16.3. The van der Waals surface area contributed by atoms with E-state index in [0.29, 0.717) is 6.61 Å². The third kappa shape index (κ3) is 3.70. The fraction of sp³-hybridized carbons (Fsp3) is 0.0870. The Labute approximate surface area is 167 Å². The van der Waals surface area contributed by atoms with Gasteiger partial charge in [-0.25, -0.2) is 0 Å². The van der Waals surface area contributed by atoms with Crippen molar-refractivity contribution in [3.8, 4) is 22.6 Å². The first-order chi connectivity index (χ1) is 13.6. The highest BCUT2D eigenvalue weighted by molar-refractivity contribution is 7.20. The number of hydrogen-bond acceptors (Lipinski definition) is 4. The summed E-state index contributed by atoms with van der Waals surface area (Å²) in [5, 5.41) is 8.71. The molecule has 0 radical (unpaired) electrons. The first-order valence-corrected chi connectivity index (χ1v) is 9.69. The monoisotopic (exact) mass is 388 g/mol. The van der Waals surface area contributed by atoms with Crippen molar-refractivity contribution in [2.24, 2.45) is 5.73 Å². The maximum atomic E-state index is 7.62. The Balaban J connectivity index is 1.58. The summed E-state index contributed by atoms with van der Waals surface area (Å²) >= 11 is 1.54. The van der Waals surface area contributed by atoms with Gasteiger partial charge in [0, 0.05) is 10.3 Å². The number of nitrogens with two attached hydrogens (primary N) is 1. The van der Waals surface area contributed by atoms with E-state index in [1.807, 2.05) is 48.5 Å². The lowest BCUT2D eigenvalue weighted by Crippen LogP contribution is -2.08. The van der Waals surface area contributed by atoms with Gasteiger partial charge >= 0.3 is 0 Å². The number of hydrogen-bond donors (Lipinski definition) is 2. The molecule has 4 aromatic rings. The standard InChI is InChI=1S/C23H20N2O2S/c1-26-20-8-3-2-5-17(20)14-27-19-7-4-6-15(12-19)16-9-10-21-18(11-16)13-22(28-21)23(24)25/h2-13H,14H2,1H3,(H3,24,25). The fourth-order valence-corrected chi connectivity index (χ4v) is 4.01. The molecule has 0 saturated carbocycles. The second-order valence-electron chi connectivity index (χ2n) is 6.41. The second-order valence-corrected chi connectivity index (χ2v) is 7.49. The van der Waals surface area contributed by atoms with E-state index in [1.54, 1.807) is 7.11 Å². The molecule has 4 rings (SSSR count). The number of methoxy groups -OCH3 is 1. The number of rotatable bonds is 6. The van der Waals surface area contributed by atoms with Crippen LogP contribution in [0.3, 0.4) is 0 Å². The topological polar surface area (TPSA) is 68.3 Å². The molecule has 5 heteroatoms. The van der Waals surface area contributed by atoms with E-state index < -0.39 is 0 Å². The van der Waals surface area contributed by atoms with Gasteiger partial charge in [0.15, 0.2) is 0 Å². The van der Waals surface area contributed by atoms with E-state index in [9.17, 15) is 0 Å². The first kappa shape index (κ1) is 18.1. The molecule has 3 N–H and O–H groups in total. The Morgan fingerprint density at radius 3 is 2.61 bits per heavy atom. The van der Waals surface area contributed by atoms with Gasteiger partial charge in [-0.05, 0) is 52.9 Å². The SMILES string of the molecule is COc1ccccc1COc1cccc(-c2ccc3sc(C(=N)N)cc3c2)c1. The van der Waals surface area contributed by atoms with Crippen molar-refractivity contribution in [3.05, 3.63) is 83.2 Å². The molecular weight excluding hydrogens is 368 g/mol. The minimum absolute atomic E-state index is 0.106. The van der Waals surface area contributed by atoms with Gasteiger partial charge in [-0.1, -0.05) is 36.4 Å². The van der Waals surface area contributed by atoms with E-state index in [1.165, 1.54) is 11.3 Å². The normalized spacial score (nSPS) is 10.8. The maximum absolute atomic E-state index is 7.62. The smallest absolute Gasteiger partial charge is 0.133 e. The number of thiophene rings is 1. The molecule has 0 spiro atoms. The molecule has 28 heavy (non-hydrogen) atoms. The lowest BCUT2D eigenvalue weighted by molar-refractivity contribution is 0.297. The van der Waals surface area contributed by atoms with Crippen LogP contribution in [0, 0.1) is 5.41 Å². The van der Waals surface area contributed by atoms with E-state index >= 15 is 0 Å². The number of ether oxygens (including phenoxy) is 2. The van der Waals surface area contributed by atoms with Gasteiger partial charge in [-0.2, -0.15) is 0 Å². The quantitative estimate of drug-likeness (QED) is 0.341. The van der Waals surface area contributed by atoms with Crippen molar-refractivity contribution in [2.75, 3.05) is 7.11 Å². The summed E-state index contributed by atoms with van der Waals surface area (Å²) < 4.78 is 12.5. The van der Waals surface area contributed by atoms with Crippen LogP contribution < -0.4 is 15.2 Å². The summed E-state index contributed by atoms with van der Waals surface area (Å²) in [5.41, 5.74) is 8.80. The molecule has 4 nitrogen and oxygen atoms in total. The summed E-state index contributed by atoms with van der Waals surface area (Å²) in [6.45, 7) is 0.443. The van der Waals surface area contributed by atoms with Gasteiger partial charge in [0.25, 0.3) is 0 Å². The van der Waals surface area contributed by atoms with Gasteiger partial charge < -0.3 is 15.2 Å². The molecule has 1 heterocycles. The fourth-order valence-electron chi connectivity index (χ4n) is 3.10. The highest BCUT2D eigenvalue weighted by atomic mass is 32.1. The third-order valence-corrected chi connectivity index (χ3v) is 5.69. The third-order valence-electron chi connectivity index (χ3n) is 4.54. The Morgan fingerprint density at radius 2 is 1.79 bits per heavy atom.